The van der Waals surface area contributed by atoms with E-state index in [9.17, 15) is 9.59 Å². The summed E-state index contributed by atoms with van der Waals surface area (Å²) in [4.78, 5) is 24.3. The lowest BCUT2D eigenvalue weighted by Gasteiger charge is -2.23. The molecule has 1 aromatic rings. The van der Waals surface area contributed by atoms with E-state index < -0.39 is 6.10 Å². The van der Waals surface area contributed by atoms with Crippen molar-refractivity contribution in [3.63, 3.8) is 0 Å². The van der Waals surface area contributed by atoms with E-state index >= 15 is 0 Å². The standard InChI is InChI=1S/C19H24N2O3/c1-10(2)8-13-16(19(13,4)5)18(23)20-12-6-7-15-14(9-12)21-17(22)11(3)24-15/h6-9,11,13,16H,1-5H3,(H,20,23)(H,21,22). The van der Waals surface area contributed by atoms with E-state index in [-0.39, 0.29) is 29.1 Å². The first-order valence-electron chi connectivity index (χ1n) is 8.27. The number of hydrogen-bond acceptors (Lipinski definition) is 3. The molecule has 0 radical (unpaired) electrons. The molecule has 3 rings (SSSR count). The third kappa shape index (κ3) is 2.90. The fourth-order valence-electron chi connectivity index (χ4n) is 3.36. The molecule has 2 amide bonds. The van der Waals surface area contributed by atoms with Crippen molar-refractivity contribution in [3.8, 4) is 5.75 Å². The highest BCUT2D eigenvalue weighted by Gasteiger charge is 2.60. The highest BCUT2D eigenvalue weighted by Crippen LogP contribution is 2.59. The summed E-state index contributed by atoms with van der Waals surface area (Å²) in [6.07, 6.45) is 1.67. The van der Waals surface area contributed by atoms with Crippen molar-refractivity contribution in [2.24, 2.45) is 17.3 Å². The molecular weight excluding hydrogens is 304 g/mol. The molecular formula is C19H24N2O3. The van der Waals surface area contributed by atoms with Crippen LogP contribution in [0.2, 0.25) is 0 Å². The van der Waals surface area contributed by atoms with E-state index in [1.54, 1.807) is 25.1 Å². The second-order valence-electron chi connectivity index (χ2n) is 7.52. The van der Waals surface area contributed by atoms with Crippen molar-refractivity contribution in [2.45, 2.75) is 40.7 Å². The molecule has 1 aliphatic carbocycles. The Kier molecular flexibility index (Phi) is 3.90. The zero-order valence-electron chi connectivity index (χ0n) is 14.8. The topological polar surface area (TPSA) is 67.4 Å². The van der Waals surface area contributed by atoms with Gasteiger partial charge in [0.2, 0.25) is 5.91 Å². The van der Waals surface area contributed by atoms with E-state index in [4.69, 9.17) is 4.74 Å². The van der Waals surface area contributed by atoms with Crippen LogP contribution < -0.4 is 15.4 Å². The average Bonchev–Trinajstić information content (AvgIpc) is 3.00. The normalized spacial score (nSPS) is 26.5. The summed E-state index contributed by atoms with van der Waals surface area (Å²) < 4.78 is 5.53. The highest BCUT2D eigenvalue weighted by molar-refractivity contribution is 6.00. The smallest absolute Gasteiger partial charge is 0.265 e. The number of fused-ring (bicyclic) bond motifs is 1. The summed E-state index contributed by atoms with van der Waals surface area (Å²) in [7, 11) is 0. The van der Waals surface area contributed by atoms with E-state index in [1.807, 2.05) is 0 Å². The van der Waals surface area contributed by atoms with Crippen molar-refractivity contribution in [3.05, 3.63) is 29.8 Å². The maximum atomic E-state index is 12.6. The number of nitrogens with one attached hydrogen (secondary N) is 2. The Morgan fingerprint density at radius 1 is 1.33 bits per heavy atom. The second-order valence-corrected chi connectivity index (χ2v) is 7.52. The number of rotatable bonds is 3. The molecule has 0 spiro atoms. The van der Waals surface area contributed by atoms with Crippen LogP contribution in [0.4, 0.5) is 11.4 Å². The van der Waals surface area contributed by atoms with Crippen molar-refractivity contribution < 1.29 is 14.3 Å². The number of allylic oxidation sites excluding steroid dienone is 2. The van der Waals surface area contributed by atoms with Gasteiger partial charge in [0, 0.05) is 5.69 Å². The van der Waals surface area contributed by atoms with Crippen LogP contribution in [0.25, 0.3) is 0 Å². The Balaban J connectivity index is 1.73. The molecule has 2 N–H and O–H groups in total. The number of anilines is 2. The van der Waals surface area contributed by atoms with E-state index in [0.29, 0.717) is 17.1 Å². The third-order valence-corrected chi connectivity index (χ3v) is 4.88. The number of carbonyl (C=O) groups excluding carboxylic acids is 2. The van der Waals surface area contributed by atoms with Crippen LogP contribution in [0.15, 0.2) is 29.8 Å². The molecule has 1 saturated carbocycles. The summed E-state index contributed by atoms with van der Waals surface area (Å²) in [5.74, 6) is 0.685. The molecule has 3 atom stereocenters. The van der Waals surface area contributed by atoms with Crippen molar-refractivity contribution in [1.82, 2.24) is 0 Å². The zero-order chi connectivity index (χ0) is 17.6. The zero-order valence-corrected chi connectivity index (χ0v) is 14.8. The van der Waals surface area contributed by atoms with Gasteiger partial charge in [-0.1, -0.05) is 25.5 Å². The summed E-state index contributed by atoms with van der Waals surface area (Å²) >= 11 is 0. The molecule has 128 valence electrons. The average molecular weight is 328 g/mol. The SMILES string of the molecule is CC(C)=CC1C(C(=O)Nc2ccc3c(c2)NC(=O)C(C)O3)C1(C)C. The largest absolute Gasteiger partial charge is 0.479 e. The summed E-state index contributed by atoms with van der Waals surface area (Å²) in [5.41, 5.74) is 2.45. The van der Waals surface area contributed by atoms with Crippen LogP contribution in [0.1, 0.15) is 34.6 Å². The van der Waals surface area contributed by atoms with Gasteiger partial charge >= 0.3 is 0 Å². The number of benzene rings is 1. The minimum absolute atomic E-state index is 0.0128. The second kappa shape index (κ2) is 5.65. The highest BCUT2D eigenvalue weighted by atomic mass is 16.5. The third-order valence-electron chi connectivity index (χ3n) is 4.88. The lowest BCUT2D eigenvalue weighted by Crippen LogP contribution is -2.34. The van der Waals surface area contributed by atoms with Crippen LogP contribution in [0.3, 0.4) is 0 Å². The molecule has 24 heavy (non-hydrogen) atoms. The van der Waals surface area contributed by atoms with Crippen LogP contribution in [-0.2, 0) is 9.59 Å². The van der Waals surface area contributed by atoms with E-state index in [1.165, 1.54) is 5.57 Å². The minimum atomic E-state index is -0.505. The Labute approximate surface area is 142 Å². The lowest BCUT2D eigenvalue weighted by molar-refractivity contribution is -0.122. The van der Waals surface area contributed by atoms with Gasteiger partial charge < -0.3 is 15.4 Å². The molecule has 5 nitrogen and oxygen atoms in total. The fraction of sp³-hybridized carbons (Fsp3) is 0.474. The first-order valence-corrected chi connectivity index (χ1v) is 8.27. The Bertz CT molecular complexity index is 732. The van der Waals surface area contributed by atoms with Gasteiger partial charge in [0.15, 0.2) is 6.10 Å². The van der Waals surface area contributed by atoms with Crippen LogP contribution in [0, 0.1) is 17.3 Å². The molecule has 0 bridgehead atoms. The molecule has 0 aromatic heterocycles. The molecule has 1 fully saturated rings. The number of carbonyl (C=O) groups is 2. The van der Waals surface area contributed by atoms with Gasteiger partial charge in [0.05, 0.1) is 11.6 Å². The first-order chi connectivity index (χ1) is 11.2. The number of ether oxygens (including phenoxy) is 1. The number of amides is 2. The number of hydrogen-bond donors (Lipinski definition) is 2. The molecule has 3 unspecified atom stereocenters. The molecule has 1 aromatic carbocycles. The molecule has 1 heterocycles. The Morgan fingerprint density at radius 2 is 2.04 bits per heavy atom. The van der Waals surface area contributed by atoms with E-state index in [2.05, 4.69) is 44.4 Å². The van der Waals surface area contributed by atoms with Gasteiger partial charge in [0.1, 0.15) is 5.75 Å². The molecule has 1 aliphatic heterocycles. The van der Waals surface area contributed by atoms with Crippen molar-refractivity contribution in [1.29, 1.82) is 0 Å². The van der Waals surface area contributed by atoms with Crippen LogP contribution in [0.5, 0.6) is 5.75 Å². The van der Waals surface area contributed by atoms with Gasteiger partial charge in [0.25, 0.3) is 5.91 Å². The van der Waals surface area contributed by atoms with Crippen LogP contribution >= 0.6 is 0 Å². The fourth-order valence-corrected chi connectivity index (χ4v) is 3.36. The Hall–Kier alpha value is -2.30. The van der Waals surface area contributed by atoms with Gasteiger partial charge in [-0.05, 0) is 50.3 Å². The summed E-state index contributed by atoms with van der Waals surface area (Å²) in [6.45, 7) is 10.0. The van der Waals surface area contributed by atoms with Gasteiger partial charge in [-0.25, -0.2) is 0 Å². The van der Waals surface area contributed by atoms with Gasteiger partial charge in [-0.3, -0.25) is 9.59 Å². The van der Waals surface area contributed by atoms with Crippen molar-refractivity contribution in [2.75, 3.05) is 10.6 Å². The minimum Gasteiger partial charge on any atom is -0.479 e. The van der Waals surface area contributed by atoms with Crippen molar-refractivity contribution >= 4 is 23.2 Å². The van der Waals surface area contributed by atoms with Gasteiger partial charge in [-0.15, -0.1) is 0 Å². The monoisotopic (exact) mass is 328 g/mol. The maximum absolute atomic E-state index is 12.6. The predicted octanol–water partition coefficient (Wildman–Crippen LogP) is 3.58. The summed E-state index contributed by atoms with van der Waals surface area (Å²) in [5, 5.41) is 5.76. The molecule has 5 heteroatoms. The molecule has 0 saturated heterocycles. The quantitative estimate of drug-likeness (QED) is 0.833. The first kappa shape index (κ1) is 16.6. The van der Waals surface area contributed by atoms with E-state index in [0.717, 1.165) is 0 Å². The predicted molar refractivity (Wildman–Crippen MR) is 94.0 cm³/mol. The van der Waals surface area contributed by atoms with Gasteiger partial charge in [-0.2, -0.15) is 0 Å². The lowest BCUT2D eigenvalue weighted by atomic mass is 10.1. The maximum Gasteiger partial charge on any atom is 0.265 e. The Morgan fingerprint density at radius 3 is 2.71 bits per heavy atom. The van der Waals surface area contributed by atoms with Crippen LogP contribution in [-0.4, -0.2) is 17.9 Å². The summed E-state index contributed by atoms with van der Waals surface area (Å²) in [6, 6.07) is 5.31. The molecule has 2 aliphatic rings.